The number of amides is 1. The molecule has 1 aromatic heterocycles. The molecular weight excluding hydrogens is 390 g/mol. The second kappa shape index (κ2) is 8.86. The summed E-state index contributed by atoms with van der Waals surface area (Å²) in [6.45, 7) is 1.17. The van der Waals surface area contributed by atoms with Gasteiger partial charge in [-0.1, -0.05) is 18.2 Å². The van der Waals surface area contributed by atoms with Crippen LogP contribution in [0.4, 0.5) is 20.3 Å². The van der Waals surface area contributed by atoms with Crippen LogP contribution in [0.2, 0.25) is 0 Å². The highest BCUT2D eigenvalue weighted by atomic mass is 19.1. The minimum Gasteiger partial charge on any atom is -0.436 e. The molecule has 0 bridgehead atoms. The van der Waals surface area contributed by atoms with Gasteiger partial charge in [-0.2, -0.15) is 0 Å². The number of carbonyl (C=O) groups excluding carboxylic acids is 1. The van der Waals surface area contributed by atoms with E-state index in [9.17, 15) is 13.6 Å². The number of hydrogen-bond acceptors (Lipinski definition) is 5. The maximum Gasteiger partial charge on any atom is 0.263 e. The molecule has 0 unspecified atom stereocenters. The average Bonchev–Trinajstić information content (AvgIpc) is 2.74. The minimum atomic E-state index is -0.728. The van der Waals surface area contributed by atoms with Crippen LogP contribution in [0.1, 0.15) is 12.8 Å². The number of benzene rings is 2. The van der Waals surface area contributed by atoms with Gasteiger partial charge in [0.05, 0.1) is 0 Å². The third-order valence-corrected chi connectivity index (χ3v) is 4.90. The topological polar surface area (TPSA) is 67.4 Å². The molecule has 6 nitrogen and oxygen atoms in total. The van der Waals surface area contributed by atoms with E-state index in [1.807, 2.05) is 35.2 Å². The lowest BCUT2D eigenvalue weighted by Gasteiger charge is -2.32. The zero-order valence-electron chi connectivity index (χ0n) is 16.1. The van der Waals surface area contributed by atoms with Crippen LogP contribution in [0.15, 0.2) is 60.9 Å². The molecule has 1 fully saturated rings. The summed E-state index contributed by atoms with van der Waals surface area (Å²) in [7, 11) is 0. The Bertz CT molecular complexity index is 1000. The summed E-state index contributed by atoms with van der Waals surface area (Å²) in [5.74, 6) is -0.283. The van der Waals surface area contributed by atoms with E-state index < -0.39 is 11.6 Å². The largest absolute Gasteiger partial charge is 0.436 e. The molecule has 1 saturated heterocycles. The number of hydrogen-bond donors (Lipinski definition) is 1. The maximum atomic E-state index is 13.3. The standard InChI is InChI=1S/C22H20F2N4O2/c23-16-12-17(24)14-18(13-16)27-21(29)15-6-10-28(11-7-15)20-22(26-9-8-25-20)30-19-4-2-1-3-5-19/h1-5,8-9,12-15H,6-7,10-11H2,(H,27,29). The monoisotopic (exact) mass is 410 g/mol. The van der Waals surface area contributed by atoms with Gasteiger partial charge < -0.3 is 15.0 Å². The van der Waals surface area contributed by atoms with E-state index in [4.69, 9.17) is 4.74 Å². The summed E-state index contributed by atoms with van der Waals surface area (Å²) in [4.78, 5) is 23.2. The quantitative estimate of drug-likeness (QED) is 0.675. The summed E-state index contributed by atoms with van der Waals surface area (Å²) in [6, 6.07) is 12.3. The molecule has 1 aliphatic rings. The first kappa shape index (κ1) is 19.8. The van der Waals surface area contributed by atoms with Gasteiger partial charge in [0.1, 0.15) is 17.4 Å². The summed E-state index contributed by atoms with van der Waals surface area (Å²) in [6.07, 6.45) is 4.32. The van der Waals surface area contributed by atoms with Gasteiger partial charge in [0.25, 0.3) is 5.88 Å². The Morgan fingerprint density at radius 1 is 1.00 bits per heavy atom. The Hall–Kier alpha value is -3.55. The number of nitrogens with zero attached hydrogens (tertiary/aromatic N) is 3. The Balaban J connectivity index is 1.39. The number of anilines is 2. The molecule has 154 valence electrons. The smallest absolute Gasteiger partial charge is 0.263 e. The Morgan fingerprint density at radius 3 is 2.37 bits per heavy atom. The van der Waals surface area contributed by atoms with Crippen molar-refractivity contribution < 1.29 is 18.3 Å². The fraction of sp³-hybridized carbons (Fsp3) is 0.227. The highest BCUT2D eigenvalue weighted by molar-refractivity contribution is 5.92. The molecule has 1 amide bonds. The first-order valence-corrected chi connectivity index (χ1v) is 9.64. The van der Waals surface area contributed by atoms with Crippen molar-refractivity contribution in [3.05, 3.63) is 72.6 Å². The molecule has 30 heavy (non-hydrogen) atoms. The normalized spacial score (nSPS) is 14.4. The molecule has 0 aliphatic carbocycles. The van der Waals surface area contributed by atoms with Gasteiger partial charge in [0.2, 0.25) is 5.91 Å². The van der Waals surface area contributed by atoms with Crippen LogP contribution in [-0.4, -0.2) is 29.0 Å². The van der Waals surface area contributed by atoms with Crippen LogP contribution in [0, 0.1) is 17.6 Å². The van der Waals surface area contributed by atoms with Crippen LogP contribution in [-0.2, 0) is 4.79 Å². The van der Waals surface area contributed by atoms with E-state index in [0.717, 1.165) is 18.2 Å². The summed E-state index contributed by atoms with van der Waals surface area (Å²) >= 11 is 0. The van der Waals surface area contributed by atoms with Crippen LogP contribution >= 0.6 is 0 Å². The molecule has 3 aromatic rings. The molecule has 2 aromatic carbocycles. The van der Waals surface area contributed by atoms with Crippen LogP contribution in [0.3, 0.4) is 0 Å². The number of rotatable bonds is 5. The van der Waals surface area contributed by atoms with E-state index in [0.29, 0.717) is 43.4 Å². The van der Waals surface area contributed by atoms with Gasteiger partial charge in [0.15, 0.2) is 5.82 Å². The van der Waals surface area contributed by atoms with Crippen molar-refractivity contribution in [1.82, 2.24) is 9.97 Å². The molecule has 1 aliphatic heterocycles. The van der Waals surface area contributed by atoms with Crippen LogP contribution in [0.5, 0.6) is 11.6 Å². The second-order valence-corrected chi connectivity index (χ2v) is 7.01. The van der Waals surface area contributed by atoms with E-state index in [1.54, 1.807) is 12.4 Å². The fourth-order valence-corrected chi connectivity index (χ4v) is 3.43. The van der Waals surface area contributed by atoms with Crippen molar-refractivity contribution in [2.75, 3.05) is 23.3 Å². The Morgan fingerprint density at radius 2 is 1.67 bits per heavy atom. The molecular formula is C22H20F2N4O2. The van der Waals surface area contributed by atoms with Crippen molar-refractivity contribution in [1.29, 1.82) is 0 Å². The Labute approximate surface area is 172 Å². The lowest BCUT2D eigenvalue weighted by Crippen LogP contribution is -2.38. The zero-order chi connectivity index (χ0) is 20.9. The summed E-state index contributed by atoms with van der Waals surface area (Å²) < 4.78 is 32.5. The molecule has 4 rings (SSSR count). The van der Waals surface area contributed by atoms with Gasteiger partial charge in [0, 0.05) is 43.2 Å². The summed E-state index contributed by atoms with van der Waals surface area (Å²) in [5.41, 5.74) is 0.118. The number of nitrogens with one attached hydrogen (secondary N) is 1. The lowest BCUT2D eigenvalue weighted by atomic mass is 9.96. The molecule has 0 spiro atoms. The Kier molecular flexibility index (Phi) is 5.83. The van der Waals surface area contributed by atoms with Crippen molar-refractivity contribution in [2.24, 2.45) is 5.92 Å². The van der Waals surface area contributed by atoms with Crippen LogP contribution < -0.4 is 15.0 Å². The molecule has 0 saturated carbocycles. The highest BCUT2D eigenvalue weighted by Crippen LogP contribution is 2.31. The fourth-order valence-electron chi connectivity index (χ4n) is 3.43. The van der Waals surface area contributed by atoms with Gasteiger partial charge in [-0.15, -0.1) is 0 Å². The lowest BCUT2D eigenvalue weighted by molar-refractivity contribution is -0.120. The molecule has 0 radical (unpaired) electrons. The highest BCUT2D eigenvalue weighted by Gasteiger charge is 2.27. The number of piperidine rings is 1. The first-order chi connectivity index (χ1) is 14.6. The number of halogens is 2. The number of para-hydroxylation sites is 1. The molecule has 0 atom stereocenters. The maximum absolute atomic E-state index is 13.3. The number of carbonyl (C=O) groups is 1. The predicted molar refractivity (Wildman–Crippen MR) is 108 cm³/mol. The minimum absolute atomic E-state index is 0.118. The van der Waals surface area contributed by atoms with E-state index >= 15 is 0 Å². The van der Waals surface area contributed by atoms with E-state index in [2.05, 4.69) is 15.3 Å². The zero-order valence-corrected chi connectivity index (χ0v) is 16.1. The van der Waals surface area contributed by atoms with E-state index in [1.165, 1.54) is 0 Å². The van der Waals surface area contributed by atoms with Crippen molar-refractivity contribution in [3.8, 4) is 11.6 Å². The second-order valence-electron chi connectivity index (χ2n) is 7.01. The first-order valence-electron chi connectivity index (χ1n) is 9.64. The number of ether oxygens (including phenoxy) is 1. The van der Waals surface area contributed by atoms with Crippen LogP contribution in [0.25, 0.3) is 0 Å². The van der Waals surface area contributed by atoms with Gasteiger partial charge in [-0.3, -0.25) is 4.79 Å². The van der Waals surface area contributed by atoms with Gasteiger partial charge in [-0.05, 0) is 37.1 Å². The molecule has 1 N–H and O–H groups in total. The van der Waals surface area contributed by atoms with Crippen molar-refractivity contribution >= 4 is 17.4 Å². The van der Waals surface area contributed by atoms with Gasteiger partial charge >= 0.3 is 0 Å². The molecule has 2 heterocycles. The SMILES string of the molecule is O=C(Nc1cc(F)cc(F)c1)C1CCN(c2nccnc2Oc2ccccc2)CC1. The summed E-state index contributed by atoms with van der Waals surface area (Å²) in [5, 5.41) is 2.60. The third-order valence-electron chi connectivity index (χ3n) is 4.90. The average molecular weight is 410 g/mol. The third kappa shape index (κ3) is 4.71. The number of aromatic nitrogens is 2. The predicted octanol–water partition coefficient (Wildman–Crippen LogP) is 4.40. The van der Waals surface area contributed by atoms with Crippen molar-refractivity contribution in [2.45, 2.75) is 12.8 Å². The van der Waals surface area contributed by atoms with Gasteiger partial charge in [-0.25, -0.2) is 18.7 Å². The van der Waals surface area contributed by atoms with E-state index in [-0.39, 0.29) is 17.5 Å². The molecule has 8 heteroatoms. The van der Waals surface area contributed by atoms with Crippen molar-refractivity contribution in [3.63, 3.8) is 0 Å².